The van der Waals surface area contributed by atoms with Crippen molar-refractivity contribution in [2.24, 2.45) is 23.2 Å². The van der Waals surface area contributed by atoms with Crippen molar-refractivity contribution >= 4 is 0 Å². The van der Waals surface area contributed by atoms with E-state index in [-0.39, 0.29) is 13.2 Å². The fourth-order valence-corrected chi connectivity index (χ4v) is 8.28. The molecule has 5 aliphatic rings. The number of β-amino-alcohol motifs (C(OH)–C–C–N with tert-alkyl or cyclic N) is 1. The van der Waals surface area contributed by atoms with Crippen molar-refractivity contribution in [1.82, 2.24) is 19.9 Å². The zero-order valence-electron chi connectivity index (χ0n) is 22.3. The molecule has 1 aromatic heterocycles. The van der Waals surface area contributed by atoms with Gasteiger partial charge in [0.2, 0.25) is 0 Å². The van der Waals surface area contributed by atoms with Crippen molar-refractivity contribution in [2.75, 3.05) is 26.3 Å². The first-order valence-electron chi connectivity index (χ1n) is 14.8. The van der Waals surface area contributed by atoms with E-state index in [4.69, 9.17) is 4.74 Å². The normalized spacial score (nSPS) is 37.5. The summed E-state index contributed by atoms with van der Waals surface area (Å²) in [6.07, 6.45) is 13.8. The van der Waals surface area contributed by atoms with Crippen LogP contribution in [-0.2, 0) is 17.9 Å². The molecule has 2 heterocycles. The summed E-state index contributed by atoms with van der Waals surface area (Å²) in [7, 11) is 0. The van der Waals surface area contributed by atoms with E-state index < -0.39 is 24.4 Å². The number of hydrogen-bond acceptors (Lipinski definition) is 8. The largest absolute Gasteiger partial charge is 0.395 e. The van der Waals surface area contributed by atoms with E-state index in [1.807, 2.05) is 15.8 Å². The van der Waals surface area contributed by atoms with Gasteiger partial charge in [0.15, 0.2) is 0 Å². The maximum Gasteiger partial charge on any atom is 0.109 e. The molecular formula is C28H48N4O5. The van der Waals surface area contributed by atoms with Crippen LogP contribution < -0.4 is 0 Å². The summed E-state index contributed by atoms with van der Waals surface area (Å²) in [5.74, 6) is 2.88. The Bertz CT molecular complexity index is 815. The van der Waals surface area contributed by atoms with Crippen molar-refractivity contribution in [3.05, 3.63) is 11.9 Å². The van der Waals surface area contributed by atoms with E-state index in [2.05, 4.69) is 10.3 Å². The Morgan fingerprint density at radius 3 is 2.14 bits per heavy atom. The minimum absolute atomic E-state index is 0.219. The Balaban J connectivity index is 0.911. The standard InChI is InChI=1S/C28H48N4O5/c33-17-24-26(35)27(36)25(34)16-31(24)7-5-3-1-2-4-6-8-32-15-23(29-30-32)18-37-19-28-12-20-9-21(13-28)11-22(10-20)14-28/h15,20-22,24-27,33-36H,1-14,16-19H2/t20?,21?,22?,24-,25+,26-,27-,28?/m1/s1. The molecule has 0 aromatic carbocycles. The average molecular weight is 521 g/mol. The van der Waals surface area contributed by atoms with Gasteiger partial charge in [0, 0.05) is 13.1 Å². The number of aliphatic hydroxyl groups is 4. The molecule has 1 aliphatic heterocycles. The van der Waals surface area contributed by atoms with Crippen LogP contribution in [0.3, 0.4) is 0 Å². The van der Waals surface area contributed by atoms with Crippen LogP contribution in [0.1, 0.15) is 82.7 Å². The molecular weight excluding hydrogens is 472 g/mol. The van der Waals surface area contributed by atoms with Gasteiger partial charge in [-0.2, -0.15) is 0 Å². The van der Waals surface area contributed by atoms with Crippen LogP contribution in [0.2, 0.25) is 0 Å². The van der Waals surface area contributed by atoms with Gasteiger partial charge in [-0.25, -0.2) is 0 Å². The number of rotatable bonds is 14. The Morgan fingerprint density at radius 1 is 0.865 bits per heavy atom. The van der Waals surface area contributed by atoms with Crippen molar-refractivity contribution in [3.8, 4) is 0 Å². The van der Waals surface area contributed by atoms with E-state index in [0.29, 0.717) is 18.6 Å². The van der Waals surface area contributed by atoms with Gasteiger partial charge in [0.05, 0.1) is 38.2 Å². The zero-order chi connectivity index (χ0) is 25.8. The molecule has 9 nitrogen and oxygen atoms in total. The molecule has 6 rings (SSSR count). The zero-order valence-corrected chi connectivity index (χ0v) is 22.3. The van der Waals surface area contributed by atoms with Crippen molar-refractivity contribution in [3.63, 3.8) is 0 Å². The van der Waals surface area contributed by atoms with E-state index >= 15 is 0 Å². The quantitative estimate of drug-likeness (QED) is 0.275. The molecule has 5 fully saturated rings. The van der Waals surface area contributed by atoms with Gasteiger partial charge in [0.1, 0.15) is 17.9 Å². The summed E-state index contributed by atoms with van der Waals surface area (Å²) in [6.45, 7) is 3.12. The average Bonchev–Trinajstić information content (AvgIpc) is 3.31. The lowest BCUT2D eigenvalue weighted by Crippen LogP contribution is -2.62. The first kappa shape index (κ1) is 27.5. The van der Waals surface area contributed by atoms with Gasteiger partial charge < -0.3 is 25.2 Å². The van der Waals surface area contributed by atoms with Crippen molar-refractivity contribution in [1.29, 1.82) is 0 Å². The van der Waals surface area contributed by atoms with Crippen LogP contribution in [0.5, 0.6) is 0 Å². The number of nitrogens with zero attached hydrogens (tertiary/aromatic N) is 4. The van der Waals surface area contributed by atoms with Gasteiger partial charge in [0.25, 0.3) is 0 Å². The Hall–Kier alpha value is -1.10. The molecule has 4 bridgehead atoms. The summed E-state index contributed by atoms with van der Waals surface area (Å²) < 4.78 is 8.14. The molecule has 4 N–H and O–H groups in total. The molecule has 0 amide bonds. The molecule has 9 heteroatoms. The summed E-state index contributed by atoms with van der Waals surface area (Å²) in [4.78, 5) is 1.90. The van der Waals surface area contributed by atoms with Crippen molar-refractivity contribution in [2.45, 2.75) is 115 Å². The monoisotopic (exact) mass is 520 g/mol. The molecule has 210 valence electrons. The number of aromatic nitrogens is 3. The Kier molecular flexibility index (Phi) is 9.20. The summed E-state index contributed by atoms with van der Waals surface area (Å²) in [5.41, 5.74) is 1.38. The lowest BCUT2D eigenvalue weighted by atomic mass is 9.50. The third kappa shape index (κ3) is 6.73. The van der Waals surface area contributed by atoms with E-state index in [1.54, 1.807) is 0 Å². The van der Waals surface area contributed by atoms with Gasteiger partial charge in [-0.05, 0) is 81.1 Å². The Labute approximate surface area is 221 Å². The molecule has 4 atom stereocenters. The fraction of sp³-hybridized carbons (Fsp3) is 0.929. The van der Waals surface area contributed by atoms with E-state index in [9.17, 15) is 20.4 Å². The van der Waals surface area contributed by atoms with Gasteiger partial charge >= 0.3 is 0 Å². The SMILES string of the molecule is OC[C@@H]1[C@@H](O)[C@H](O)[C@@H](O)CN1CCCCCCCCn1cc(COCC23CC4CC(CC(C4)C2)C3)nn1. The van der Waals surface area contributed by atoms with Crippen LogP contribution in [0.4, 0.5) is 0 Å². The van der Waals surface area contributed by atoms with Crippen LogP contribution in [0.25, 0.3) is 0 Å². The minimum Gasteiger partial charge on any atom is -0.395 e. The van der Waals surface area contributed by atoms with Crippen LogP contribution in [0, 0.1) is 23.2 Å². The molecule has 0 unspecified atom stereocenters. The van der Waals surface area contributed by atoms with Crippen LogP contribution in [0.15, 0.2) is 6.20 Å². The second-order valence-corrected chi connectivity index (χ2v) is 12.8. The second-order valence-electron chi connectivity index (χ2n) is 12.8. The fourth-order valence-electron chi connectivity index (χ4n) is 8.28. The number of aryl methyl sites for hydroxylation is 1. The number of likely N-dealkylation sites (tertiary alicyclic amines) is 1. The molecule has 4 aliphatic carbocycles. The highest BCUT2D eigenvalue weighted by Gasteiger charge is 2.50. The highest BCUT2D eigenvalue weighted by molar-refractivity contribution is 5.01. The van der Waals surface area contributed by atoms with Crippen molar-refractivity contribution < 1.29 is 25.2 Å². The highest BCUT2D eigenvalue weighted by atomic mass is 16.5. The number of unbranched alkanes of at least 4 members (excludes halogenated alkanes) is 5. The third-order valence-corrected chi connectivity index (χ3v) is 9.71. The number of aliphatic hydroxyl groups excluding tert-OH is 4. The third-order valence-electron chi connectivity index (χ3n) is 9.71. The number of piperidine rings is 1. The highest BCUT2D eigenvalue weighted by Crippen LogP contribution is 2.60. The Morgan fingerprint density at radius 2 is 1.49 bits per heavy atom. The van der Waals surface area contributed by atoms with Crippen LogP contribution in [-0.4, -0.2) is 91.0 Å². The summed E-state index contributed by atoms with van der Waals surface area (Å²) >= 11 is 0. The van der Waals surface area contributed by atoms with Gasteiger partial charge in [-0.3, -0.25) is 9.58 Å². The molecule has 0 radical (unpaired) electrons. The lowest BCUT2D eigenvalue weighted by Gasteiger charge is -2.56. The predicted octanol–water partition coefficient (Wildman–Crippen LogP) is 2.11. The minimum atomic E-state index is -1.19. The number of hydrogen-bond donors (Lipinski definition) is 4. The first-order valence-corrected chi connectivity index (χ1v) is 14.8. The molecule has 1 saturated heterocycles. The van der Waals surface area contributed by atoms with E-state index in [0.717, 1.165) is 75.1 Å². The predicted molar refractivity (Wildman–Crippen MR) is 138 cm³/mol. The number of ether oxygens (including phenoxy) is 1. The summed E-state index contributed by atoms with van der Waals surface area (Å²) in [5, 5.41) is 48.0. The molecule has 37 heavy (non-hydrogen) atoms. The second kappa shape index (κ2) is 12.4. The topological polar surface area (TPSA) is 124 Å². The maximum absolute atomic E-state index is 10.1. The first-order chi connectivity index (χ1) is 17.9. The molecule has 0 spiro atoms. The lowest BCUT2D eigenvalue weighted by molar-refractivity contribution is -0.145. The maximum atomic E-state index is 10.1. The molecule has 4 saturated carbocycles. The molecule has 1 aromatic rings. The van der Waals surface area contributed by atoms with E-state index in [1.165, 1.54) is 38.5 Å². The van der Waals surface area contributed by atoms with Gasteiger partial charge in [-0.15, -0.1) is 5.10 Å². The van der Waals surface area contributed by atoms with Gasteiger partial charge in [-0.1, -0.05) is 30.9 Å². The smallest absolute Gasteiger partial charge is 0.109 e. The van der Waals surface area contributed by atoms with Crippen LogP contribution >= 0.6 is 0 Å². The summed E-state index contributed by atoms with van der Waals surface area (Å²) in [6, 6.07) is -0.506.